The molecule has 0 saturated heterocycles. The highest BCUT2D eigenvalue weighted by atomic mass is 35.5. The van der Waals surface area contributed by atoms with Gasteiger partial charge in [0, 0.05) is 0 Å². The van der Waals surface area contributed by atoms with Gasteiger partial charge in [-0.15, -0.1) is 11.6 Å². The van der Waals surface area contributed by atoms with Gasteiger partial charge in [-0.25, -0.2) is 0 Å². The molecule has 0 amide bonds. The smallest absolute Gasteiger partial charge is 0.0515 e. The van der Waals surface area contributed by atoms with Crippen molar-refractivity contribution >= 4 is 11.6 Å². The summed E-state index contributed by atoms with van der Waals surface area (Å²) in [5.41, 5.74) is 0. The van der Waals surface area contributed by atoms with Crippen LogP contribution in [-0.2, 0) is 0 Å². The summed E-state index contributed by atoms with van der Waals surface area (Å²) in [4.78, 5) is 0. The maximum Gasteiger partial charge on any atom is 0.0515 e. The molecule has 0 heterocycles. The molecule has 1 heteroatoms. The number of hydrogen-bond acceptors (Lipinski definition) is 0. The number of hydrogen-bond donors (Lipinski definition) is 0. The molecular weight excluding hydrogens is 108 g/mol. The first-order valence-corrected chi connectivity index (χ1v) is 2.81. The van der Waals surface area contributed by atoms with E-state index >= 15 is 0 Å². The molecule has 0 rings (SSSR count). The second kappa shape index (κ2) is 4.20. The standard InChI is InChI=1S/C6H10Cl/c1-3-5-6(7)4-2/h3,5-6H,2,4H2,1H3/b5-3+. The molecule has 0 aromatic carbocycles. The Morgan fingerprint density at radius 1 is 1.86 bits per heavy atom. The molecular formula is C6H10Cl. The monoisotopic (exact) mass is 117 g/mol. The summed E-state index contributed by atoms with van der Waals surface area (Å²) in [7, 11) is 0. The van der Waals surface area contributed by atoms with E-state index in [1.54, 1.807) is 0 Å². The van der Waals surface area contributed by atoms with Crippen LogP contribution in [0.25, 0.3) is 0 Å². The Morgan fingerprint density at radius 3 is 2.57 bits per heavy atom. The highest BCUT2D eigenvalue weighted by Crippen LogP contribution is 2.00. The average Bonchev–Trinajstić information content (AvgIpc) is 1.68. The minimum absolute atomic E-state index is 0.130. The number of allylic oxidation sites excluding steroid dienone is 2. The van der Waals surface area contributed by atoms with Crippen LogP contribution < -0.4 is 0 Å². The maximum absolute atomic E-state index is 5.62. The van der Waals surface area contributed by atoms with Crippen LogP contribution in [0.2, 0.25) is 0 Å². The van der Waals surface area contributed by atoms with Crippen molar-refractivity contribution < 1.29 is 0 Å². The van der Waals surface area contributed by atoms with Crippen molar-refractivity contribution in [1.82, 2.24) is 0 Å². The third kappa shape index (κ3) is 3.87. The van der Waals surface area contributed by atoms with Gasteiger partial charge in [0.1, 0.15) is 0 Å². The topological polar surface area (TPSA) is 0 Å². The highest BCUT2D eigenvalue weighted by molar-refractivity contribution is 6.21. The van der Waals surface area contributed by atoms with E-state index in [1.807, 2.05) is 19.1 Å². The first kappa shape index (κ1) is 7.03. The van der Waals surface area contributed by atoms with Gasteiger partial charge in [0.2, 0.25) is 0 Å². The van der Waals surface area contributed by atoms with Crippen LogP contribution in [-0.4, -0.2) is 5.38 Å². The zero-order chi connectivity index (χ0) is 5.70. The molecule has 1 atom stereocenters. The molecule has 0 saturated carbocycles. The van der Waals surface area contributed by atoms with Crippen LogP contribution in [0.5, 0.6) is 0 Å². The third-order valence-corrected chi connectivity index (χ3v) is 1.04. The fourth-order valence-corrected chi connectivity index (χ4v) is 0.451. The summed E-state index contributed by atoms with van der Waals surface area (Å²) in [6, 6.07) is 0. The van der Waals surface area contributed by atoms with Gasteiger partial charge in [0.25, 0.3) is 0 Å². The van der Waals surface area contributed by atoms with Crippen molar-refractivity contribution in [3.8, 4) is 0 Å². The number of alkyl halides is 1. The second-order valence-corrected chi connectivity index (χ2v) is 1.89. The third-order valence-electron chi connectivity index (χ3n) is 0.677. The zero-order valence-corrected chi connectivity index (χ0v) is 5.28. The lowest BCUT2D eigenvalue weighted by Crippen LogP contribution is -1.86. The van der Waals surface area contributed by atoms with Crippen LogP contribution in [0.4, 0.5) is 0 Å². The summed E-state index contributed by atoms with van der Waals surface area (Å²) in [6.07, 6.45) is 4.63. The Balaban J connectivity index is 3.16. The van der Waals surface area contributed by atoms with E-state index in [2.05, 4.69) is 6.92 Å². The Bertz CT molecular complexity index is 57.2. The van der Waals surface area contributed by atoms with E-state index in [1.165, 1.54) is 0 Å². The quantitative estimate of drug-likeness (QED) is 0.385. The van der Waals surface area contributed by atoms with Crippen LogP contribution in [0, 0.1) is 6.92 Å². The van der Waals surface area contributed by atoms with Crippen molar-refractivity contribution in [2.45, 2.75) is 18.7 Å². The molecule has 1 radical (unpaired) electrons. The van der Waals surface area contributed by atoms with Crippen molar-refractivity contribution in [3.05, 3.63) is 19.1 Å². The maximum atomic E-state index is 5.62. The lowest BCUT2D eigenvalue weighted by molar-refractivity contribution is 1.06. The summed E-state index contributed by atoms with van der Waals surface area (Å²) in [6.45, 7) is 5.57. The van der Waals surface area contributed by atoms with E-state index in [9.17, 15) is 0 Å². The molecule has 0 nitrogen and oxygen atoms in total. The Kier molecular flexibility index (Phi) is 4.21. The fraction of sp³-hybridized carbons (Fsp3) is 0.500. The Morgan fingerprint density at radius 2 is 2.43 bits per heavy atom. The van der Waals surface area contributed by atoms with Crippen LogP contribution in [0.1, 0.15) is 13.3 Å². The fourth-order valence-electron chi connectivity index (χ4n) is 0.305. The number of halogens is 1. The molecule has 0 aromatic heterocycles. The van der Waals surface area contributed by atoms with Crippen LogP contribution in [0.15, 0.2) is 12.2 Å². The molecule has 0 aliphatic heterocycles. The second-order valence-electron chi connectivity index (χ2n) is 1.33. The number of rotatable bonds is 2. The van der Waals surface area contributed by atoms with Gasteiger partial charge in [-0.3, -0.25) is 0 Å². The molecule has 0 spiro atoms. The Hall–Kier alpha value is 0.0300. The average molecular weight is 118 g/mol. The van der Waals surface area contributed by atoms with Crippen molar-refractivity contribution in [2.75, 3.05) is 0 Å². The van der Waals surface area contributed by atoms with E-state index in [0.29, 0.717) is 0 Å². The molecule has 0 fully saturated rings. The minimum Gasteiger partial charge on any atom is -0.118 e. The normalized spacial score (nSPS) is 15.3. The Labute approximate surface area is 50.2 Å². The summed E-state index contributed by atoms with van der Waals surface area (Å²) < 4.78 is 0. The lowest BCUT2D eigenvalue weighted by atomic mass is 10.3. The summed E-state index contributed by atoms with van der Waals surface area (Å²) >= 11 is 5.62. The zero-order valence-electron chi connectivity index (χ0n) is 4.52. The van der Waals surface area contributed by atoms with E-state index < -0.39 is 0 Å². The largest absolute Gasteiger partial charge is 0.118 e. The van der Waals surface area contributed by atoms with Gasteiger partial charge < -0.3 is 0 Å². The van der Waals surface area contributed by atoms with E-state index in [4.69, 9.17) is 11.6 Å². The SMILES string of the molecule is [CH2]CC(Cl)/C=C/C. The molecule has 0 aromatic rings. The van der Waals surface area contributed by atoms with Crippen molar-refractivity contribution in [2.24, 2.45) is 0 Å². The molecule has 0 aliphatic carbocycles. The van der Waals surface area contributed by atoms with E-state index in [-0.39, 0.29) is 5.38 Å². The predicted molar refractivity (Wildman–Crippen MR) is 34.4 cm³/mol. The van der Waals surface area contributed by atoms with Crippen molar-refractivity contribution in [1.29, 1.82) is 0 Å². The highest BCUT2D eigenvalue weighted by Gasteiger charge is 1.89. The predicted octanol–water partition coefficient (Wildman–Crippen LogP) is 2.39. The lowest BCUT2D eigenvalue weighted by Gasteiger charge is -1.92. The van der Waals surface area contributed by atoms with E-state index in [0.717, 1.165) is 6.42 Å². The first-order valence-electron chi connectivity index (χ1n) is 2.37. The van der Waals surface area contributed by atoms with Crippen LogP contribution in [0.3, 0.4) is 0 Å². The molecule has 0 aliphatic rings. The molecule has 0 N–H and O–H groups in total. The van der Waals surface area contributed by atoms with Gasteiger partial charge in [0.15, 0.2) is 0 Å². The minimum atomic E-state index is 0.130. The molecule has 7 heavy (non-hydrogen) atoms. The summed E-state index contributed by atoms with van der Waals surface area (Å²) in [5.74, 6) is 0. The molecule has 1 unspecified atom stereocenters. The van der Waals surface area contributed by atoms with Gasteiger partial charge in [-0.1, -0.05) is 19.1 Å². The van der Waals surface area contributed by atoms with Crippen molar-refractivity contribution in [3.63, 3.8) is 0 Å². The molecule has 41 valence electrons. The summed E-state index contributed by atoms with van der Waals surface area (Å²) in [5, 5.41) is 0.130. The van der Waals surface area contributed by atoms with Gasteiger partial charge in [-0.2, -0.15) is 0 Å². The van der Waals surface area contributed by atoms with Gasteiger partial charge >= 0.3 is 0 Å². The molecule has 0 bridgehead atoms. The first-order chi connectivity index (χ1) is 3.31. The van der Waals surface area contributed by atoms with Gasteiger partial charge in [-0.05, 0) is 13.3 Å². The van der Waals surface area contributed by atoms with Crippen LogP contribution >= 0.6 is 11.6 Å². The van der Waals surface area contributed by atoms with Gasteiger partial charge in [0.05, 0.1) is 5.38 Å².